The van der Waals surface area contributed by atoms with Crippen molar-refractivity contribution < 1.29 is 28.8 Å². The Morgan fingerprint density at radius 3 is 2.15 bits per heavy atom. The van der Waals surface area contributed by atoms with Gasteiger partial charge in [0, 0.05) is 37.5 Å². The third kappa shape index (κ3) is 16.8. The van der Waals surface area contributed by atoms with Crippen LogP contribution in [0.3, 0.4) is 0 Å². The van der Waals surface area contributed by atoms with Crippen LogP contribution in [0.25, 0.3) is 0 Å². The van der Waals surface area contributed by atoms with Crippen LogP contribution in [0.5, 0.6) is 0 Å². The quantitative estimate of drug-likeness (QED) is 0.0879. The van der Waals surface area contributed by atoms with Crippen molar-refractivity contribution in [1.82, 2.24) is 20.9 Å². The van der Waals surface area contributed by atoms with Crippen LogP contribution in [0.15, 0.2) is 24.3 Å². The fourth-order valence-corrected chi connectivity index (χ4v) is 4.76. The van der Waals surface area contributed by atoms with E-state index in [0.29, 0.717) is 44.3 Å². The van der Waals surface area contributed by atoms with Crippen molar-refractivity contribution in [3.63, 3.8) is 0 Å². The zero-order valence-corrected chi connectivity index (χ0v) is 30.2. The molecule has 0 aromatic heterocycles. The van der Waals surface area contributed by atoms with Gasteiger partial charge in [-0.2, -0.15) is 0 Å². The summed E-state index contributed by atoms with van der Waals surface area (Å²) in [5.74, 6) is -2.23. The highest BCUT2D eigenvalue weighted by Crippen LogP contribution is 2.42. The number of urea groups is 1. The second-order valence-electron chi connectivity index (χ2n) is 11.9. The Labute approximate surface area is 288 Å². The molecule has 2 radical (unpaired) electrons. The van der Waals surface area contributed by atoms with E-state index in [2.05, 4.69) is 35.1 Å². The molecule has 1 aliphatic rings. The molecular weight excluding hydrogens is 611 g/mol. The lowest BCUT2D eigenvalue weighted by Gasteiger charge is -2.28. The number of amides is 7. The number of nitrogens with two attached hydrogens (primary N) is 1. The van der Waals surface area contributed by atoms with Gasteiger partial charge in [0.1, 0.15) is 6.04 Å². The highest BCUT2D eigenvalue weighted by atomic mass is 16.2. The fraction of sp³-hybridized carbons (Fsp3) is 0.657. The molecule has 2 rings (SSSR count). The predicted molar refractivity (Wildman–Crippen MR) is 191 cm³/mol. The van der Waals surface area contributed by atoms with Crippen molar-refractivity contribution in [3.8, 4) is 0 Å². The number of primary amides is 1. The maximum Gasteiger partial charge on any atom is 0.312 e. The Hall–Kier alpha value is -3.90. The highest BCUT2D eigenvalue weighted by Gasteiger charge is 2.44. The largest absolute Gasteiger partial charge is 0.352 e. The molecule has 1 aromatic carbocycles. The van der Waals surface area contributed by atoms with Gasteiger partial charge in [0.2, 0.25) is 29.5 Å². The first kappa shape index (κ1) is 44.1. The number of hydrogen-bond acceptors (Lipinski definition) is 6. The number of anilines is 1. The van der Waals surface area contributed by atoms with Gasteiger partial charge in [0.15, 0.2) is 0 Å². The van der Waals surface area contributed by atoms with Crippen molar-refractivity contribution in [2.75, 3.05) is 25.0 Å². The van der Waals surface area contributed by atoms with E-state index in [1.54, 1.807) is 19.1 Å². The van der Waals surface area contributed by atoms with Crippen molar-refractivity contribution in [3.05, 3.63) is 29.8 Å². The van der Waals surface area contributed by atoms with Crippen LogP contribution in [0, 0.1) is 5.92 Å². The van der Waals surface area contributed by atoms with E-state index in [-0.39, 0.29) is 50.1 Å². The van der Waals surface area contributed by atoms with Crippen LogP contribution in [0.2, 0.25) is 5.31 Å². The molecule has 0 aliphatic carbocycles. The minimum absolute atomic E-state index is 0.128. The number of nitrogens with one attached hydrogen (secondary N) is 4. The van der Waals surface area contributed by atoms with Gasteiger partial charge in [-0.25, -0.2) is 4.79 Å². The summed E-state index contributed by atoms with van der Waals surface area (Å²) in [5, 5.41) is 9.72. The van der Waals surface area contributed by atoms with Crippen molar-refractivity contribution in [2.45, 2.75) is 124 Å². The molecule has 13 heteroatoms. The molecule has 6 N–H and O–H groups in total. The molecule has 0 bridgehead atoms. The highest BCUT2D eigenvalue weighted by molar-refractivity contribution is 6.19. The molecule has 1 fully saturated rings. The van der Waals surface area contributed by atoms with Gasteiger partial charge in [-0.05, 0) is 49.8 Å². The minimum Gasteiger partial charge on any atom is -0.352 e. The van der Waals surface area contributed by atoms with E-state index in [0.717, 1.165) is 12.0 Å². The molecule has 0 spiro atoms. The van der Waals surface area contributed by atoms with Gasteiger partial charge in [0.25, 0.3) is 0 Å². The van der Waals surface area contributed by atoms with E-state index >= 15 is 0 Å². The summed E-state index contributed by atoms with van der Waals surface area (Å²) in [7, 11) is 6.20. The summed E-state index contributed by atoms with van der Waals surface area (Å²) in [4.78, 5) is 74.9. The smallest absolute Gasteiger partial charge is 0.312 e. The number of rotatable bonds is 18. The van der Waals surface area contributed by atoms with Crippen molar-refractivity contribution in [1.29, 1.82) is 0 Å². The SMILES string of the molecule is CC.CCC.[B]C(C)(CC)C1CC(=O)N(CCCCCC(=O)NCC(=O)NC(CCCNC(N)=O)C(=O)Nc2ccc(CC)cc2)C1=O. The molecule has 3 unspecified atom stereocenters. The lowest BCUT2D eigenvalue weighted by molar-refractivity contribution is -0.139. The molecule has 3 atom stereocenters. The zero-order chi connectivity index (χ0) is 36.7. The van der Waals surface area contributed by atoms with Gasteiger partial charge >= 0.3 is 6.03 Å². The number of likely N-dealkylation sites (tertiary alicyclic amines) is 1. The molecule has 1 saturated heterocycles. The van der Waals surface area contributed by atoms with Gasteiger partial charge in [-0.1, -0.05) is 85.2 Å². The maximum absolute atomic E-state index is 12.9. The Morgan fingerprint density at radius 2 is 1.58 bits per heavy atom. The summed E-state index contributed by atoms with van der Waals surface area (Å²) < 4.78 is 0. The third-order valence-corrected chi connectivity index (χ3v) is 7.78. The first-order chi connectivity index (χ1) is 22.8. The summed E-state index contributed by atoms with van der Waals surface area (Å²) >= 11 is 0. The number of imide groups is 1. The number of carbonyl (C=O) groups excluding carboxylic acids is 6. The normalized spacial score (nSPS) is 15.5. The van der Waals surface area contributed by atoms with Gasteiger partial charge in [0.05, 0.1) is 14.4 Å². The van der Waals surface area contributed by atoms with Gasteiger partial charge in [-0.3, -0.25) is 28.9 Å². The molecule has 12 nitrogen and oxygen atoms in total. The number of aryl methyl sites for hydroxylation is 1. The first-order valence-corrected chi connectivity index (χ1v) is 17.4. The average Bonchev–Trinajstić information content (AvgIpc) is 3.35. The zero-order valence-electron chi connectivity index (χ0n) is 30.2. The molecule has 1 aliphatic heterocycles. The second kappa shape index (κ2) is 24.3. The van der Waals surface area contributed by atoms with Crippen molar-refractivity contribution >= 4 is 49.1 Å². The second-order valence-corrected chi connectivity index (χ2v) is 11.9. The van der Waals surface area contributed by atoms with E-state index < -0.39 is 35.1 Å². The first-order valence-electron chi connectivity index (χ1n) is 17.4. The van der Waals surface area contributed by atoms with Crippen molar-refractivity contribution in [2.24, 2.45) is 11.7 Å². The van der Waals surface area contributed by atoms with E-state index in [1.165, 1.54) is 11.3 Å². The molecule has 7 amide bonds. The third-order valence-electron chi connectivity index (χ3n) is 7.78. The van der Waals surface area contributed by atoms with E-state index in [4.69, 9.17) is 13.6 Å². The van der Waals surface area contributed by atoms with Crippen LogP contribution in [0.1, 0.15) is 112 Å². The standard InChI is InChI=1S/C30H45BN6O6.C3H8.C2H6/c1-4-20-12-14-21(15-13-20)35-27(41)23(10-9-16-33-29(32)43)36-25(39)19-34-24(38)11-7-6-8-17-37-26(40)18-22(28(37)42)30(3,31)5-2;1-3-2;1-2/h12-15,22-23H,4-11,16-19H2,1-3H3,(H,34,38)(H,35,41)(H,36,39)(H3,32,33,43);3H2,1-2H3;1-2H3. The maximum atomic E-state index is 12.9. The molecule has 48 heavy (non-hydrogen) atoms. The van der Waals surface area contributed by atoms with E-state index in [1.807, 2.05) is 39.8 Å². The van der Waals surface area contributed by atoms with Crippen LogP contribution >= 0.6 is 0 Å². The molecule has 0 saturated carbocycles. The lowest BCUT2D eigenvalue weighted by atomic mass is 9.60. The number of nitrogens with zero attached hydrogens (tertiary/aromatic N) is 1. The number of unbranched alkanes of at least 4 members (excludes halogenated alkanes) is 2. The molecule has 1 aromatic rings. The molecule has 268 valence electrons. The number of hydrogen-bond donors (Lipinski definition) is 5. The monoisotopic (exact) mass is 670 g/mol. The minimum atomic E-state index is -0.894. The molecular formula is C35H59BN6O6. The van der Waals surface area contributed by atoms with E-state index in [9.17, 15) is 28.8 Å². The van der Waals surface area contributed by atoms with Crippen LogP contribution in [0.4, 0.5) is 10.5 Å². The summed E-state index contributed by atoms with van der Waals surface area (Å²) in [6.45, 7) is 14.2. The summed E-state index contributed by atoms with van der Waals surface area (Å²) in [5.41, 5.74) is 6.79. The molecule has 1 heterocycles. The Bertz CT molecular complexity index is 1160. The topological polar surface area (TPSA) is 180 Å². The predicted octanol–water partition coefficient (Wildman–Crippen LogP) is 4.37. The van der Waals surface area contributed by atoms with Crippen LogP contribution < -0.4 is 27.0 Å². The van der Waals surface area contributed by atoms with Gasteiger partial charge < -0.3 is 27.0 Å². The Balaban J connectivity index is 0.00000417. The number of carbonyl (C=O) groups is 6. The summed E-state index contributed by atoms with van der Waals surface area (Å²) in [6.07, 6.45) is 5.34. The Morgan fingerprint density at radius 1 is 0.958 bits per heavy atom. The average molecular weight is 671 g/mol. The lowest BCUT2D eigenvalue weighted by Crippen LogP contribution is -2.47. The summed E-state index contributed by atoms with van der Waals surface area (Å²) in [6, 6.07) is 5.80. The van der Waals surface area contributed by atoms with Gasteiger partial charge in [-0.15, -0.1) is 0 Å². The Kier molecular flexibility index (Phi) is 22.3. The van der Waals surface area contributed by atoms with Crippen LogP contribution in [-0.2, 0) is 30.4 Å². The number of benzene rings is 1. The van der Waals surface area contributed by atoms with Crippen LogP contribution in [-0.4, -0.2) is 74.0 Å². The fourth-order valence-electron chi connectivity index (χ4n) is 4.76.